The largest absolute Gasteiger partial charge is 0.484 e. The zero-order chi connectivity index (χ0) is 22.3. The Morgan fingerprint density at radius 1 is 1.00 bits per heavy atom. The van der Waals surface area contributed by atoms with Gasteiger partial charge in [0.25, 0.3) is 5.91 Å². The second-order valence-corrected chi connectivity index (χ2v) is 9.10. The van der Waals surface area contributed by atoms with Crippen molar-refractivity contribution in [1.82, 2.24) is 4.72 Å². The van der Waals surface area contributed by atoms with Crippen molar-refractivity contribution in [2.75, 3.05) is 18.5 Å². The van der Waals surface area contributed by atoms with E-state index in [9.17, 15) is 13.2 Å². The van der Waals surface area contributed by atoms with E-state index in [1.54, 1.807) is 18.2 Å². The van der Waals surface area contributed by atoms with Gasteiger partial charge in [0.2, 0.25) is 10.0 Å². The van der Waals surface area contributed by atoms with E-state index in [0.717, 1.165) is 11.1 Å². The first-order chi connectivity index (χ1) is 14.8. The maximum atomic E-state index is 12.4. The van der Waals surface area contributed by atoms with Gasteiger partial charge in [-0.05, 0) is 66.9 Å². The van der Waals surface area contributed by atoms with Gasteiger partial charge >= 0.3 is 0 Å². The fourth-order valence-electron chi connectivity index (χ4n) is 2.88. The van der Waals surface area contributed by atoms with Crippen LogP contribution in [0.25, 0.3) is 0 Å². The molecule has 3 aromatic rings. The summed E-state index contributed by atoms with van der Waals surface area (Å²) < 4.78 is 32.9. The lowest BCUT2D eigenvalue weighted by Crippen LogP contribution is -2.26. The molecule has 0 aliphatic carbocycles. The number of anilines is 1. The molecule has 162 valence electrons. The van der Waals surface area contributed by atoms with Crippen molar-refractivity contribution < 1.29 is 17.9 Å². The van der Waals surface area contributed by atoms with Gasteiger partial charge in [-0.25, -0.2) is 13.1 Å². The number of ether oxygens (including phenoxy) is 1. The fourth-order valence-corrected chi connectivity index (χ4v) is 4.13. The topological polar surface area (TPSA) is 84.5 Å². The molecule has 0 heterocycles. The first-order valence-electron chi connectivity index (χ1n) is 9.66. The maximum Gasteiger partial charge on any atom is 0.262 e. The van der Waals surface area contributed by atoms with E-state index in [4.69, 9.17) is 16.3 Å². The minimum Gasteiger partial charge on any atom is -0.484 e. The lowest BCUT2D eigenvalue weighted by atomic mass is 10.2. The van der Waals surface area contributed by atoms with E-state index < -0.39 is 10.0 Å². The number of sulfonamides is 1. The molecule has 0 radical (unpaired) electrons. The molecule has 31 heavy (non-hydrogen) atoms. The Kier molecular flexibility index (Phi) is 7.68. The van der Waals surface area contributed by atoms with Crippen LogP contribution >= 0.6 is 11.6 Å². The smallest absolute Gasteiger partial charge is 0.262 e. The zero-order valence-corrected chi connectivity index (χ0v) is 18.5. The van der Waals surface area contributed by atoms with Crippen LogP contribution in [0.5, 0.6) is 5.75 Å². The minimum absolute atomic E-state index is 0.133. The van der Waals surface area contributed by atoms with E-state index in [0.29, 0.717) is 29.4 Å². The summed E-state index contributed by atoms with van der Waals surface area (Å²) in [6, 6.07) is 20.7. The highest BCUT2D eigenvalue weighted by Gasteiger charge is 2.14. The molecule has 1 amide bonds. The molecule has 0 bridgehead atoms. The van der Waals surface area contributed by atoms with E-state index in [-0.39, 0.29) is 17.4 Å². The number of carbonyl (C=O) groups is 1. The molecule has 0 atom stereocenters. The van der Waals surface area contributed by atoms with Crippen molar-refractivity contribution in [1.29, 1.82) is 0 Å². The molecule has 0 aromatic heterocycles. The number of carbonyl (C=O) groups excluding carboxylic acids is 1. The molecule has 3 rings (SSSR count). The Balaban J connectivity index is 1.50. The fraction of sp³-hybridized carbons (Fsp3) is 0.174. The van der Waals surface area contributed by atoms with Gasteiger partial charge in [0.15, 0.2) is 6.61 Å². The van der Waals surface area contributed by atoms with Gasteiger partial charge in [-0.3, -0.25) is 4.79 Å². The van der Waals surface area contributed by atoms with Crippen LogP contribution < -0.4 is 14.8 Å². The third-order valence-electron chi connectivity index (χ3n) is 4.52. The zero-order valence-electron chi connectivity index (χ0n) is 17.0. The molecule has 0 spiro atoms. The van der Waals surface area contributed by atoms with Crippen molar-refractivity contribution >= 4 is 33.2 Å². The van der Waals surface area contributed by atoms with Gasteiger partial charge < -0.3 is 10.1 Å². The van der Waals surface area contributed by atoms with Gasteiger partial charge in [0.1, 0.15) is 5.75 Å². The van der Waals surface area contributed by atoms with Gasteiger partial charge in [-0.1, -0.05) is 41.9 Å². The summed E-state index contributed by atoms with van der Waals surface area (Å²) in [4.78, 5) is 12.2. The van der Waals surface area contributed by atoms with Crippen molar-refractivity contribution in [3.63, 3.8) is 0 Å². The summed E-state index contributed by atoms with van der Waals surface area (Å²) in [5.74, 6) is 0.0657. The molecule has 8 heteroatoms. The van der Waals surface area contributed by atoms with Gasteiger partial charge in [0, 0.05) is 17.3 Å². The molecular weight excluding hydrogens is 436 g/mol. The molecule has 0 aliphatic heterocycles. The van der Waals surface area contributed by atoms with Crippen LogP contribution in [0.2, 0.25) is 5.02 Å². The quantitative estimate of drug-likeness (QED) is 0.503. The first kappa shape index (κ1) is 22.8. The number of benzene rings is 3. The second-order valence-electron chi connectivity index (χ2n) is 6.90. The lowest BCUT2D eigenvalue weighted by molar-refractivity contribution is -0.118. The number of hydrogen-bond acceptors (Lipinski definition) is 4. The van der Waals surface area contributed by atoms with Crippen LogP contribution in [-0.2, 0) is 21.2 Å². The highest BCUT2D eigenvalue weighted by Crippen LogP contribution is 2.20. The number of halogens is 1. The molecular formula is C23H23ClN2O4S. The van der Waals surface area contributed by atoms with E-state index in [1.807, 2.05) is 37.3 Å². The summed E-state index contributed by atoms with van der Waals surface area (Å²) in [7, 11) is -3.62. The highest BCUT2D eigenvalue weighted by atomic mass is 35.5. The third-order valence-corrected chi connectivity index (χ3v) is 6.23. The number of rotatable bonds is 9. The Bertz CT molecular complexity index is 1130. The van der Waals surface area contributed by atoms with Crippen molar-refractivity contribution in [3.05, 3.63) is 88.9 Å². The van der Waals surface area contributed by atoms with Crippen molar-refractivity contribution in [3.8, 4) is 5.75 Å². The Morgan fingerprint density at radius 2 is 1.71 bits per heavy atom. The predicted molar refractivity (Wildman–Crippen MR) is 122 cm³/mol. The number of nitrogens with one attached hydrogen (secondary N) is 2. The molecule has 0 unspecified atom stereocenters. The monoisotopic (exact) mass is 458 g/mol. The van der Waals surface area contributed by atoms with E-state index in [1.165, 1.54) is 24.3 Å². The summed E-state index contributed by atoms with van der Waals surface area (Å²) in [6.07, 6.45) is 0.601. The van der Waals surface area contributed by atoms with Crippen LogP contribution in [0.15, 0.2) is 77.7 Å². The SMILES string of the molecule is Cc1cc(Cl)ccc1NC(=O)COc1ccc(S(=O)(=O)NCCc2ccccc2)cc1. The average molecular weight is 459 g/mol. The molecule has 3 aromatic carbocycles. The summed E-state index contributed by atoms with van der Waals surface area (Å²) in [5.41, 5.74) is 2.55. The normalized spacial score (nSPS) is 11.2. The van der Waals surface area contributed by atoms with Crippen LogP contribution in [-0.4, -0.2) is 27.5 Å². The Hall–Kier alpha value is -2.87. The van der Waals surface area contributed by atoms with Crippen LogP contribution in [0.3, 0.4) is 0 Å². The predicted octanol–water partition coefficient (Wildman–Crippen LogP) is 4.19. The van der Waals surface area contributed by atoms with Crippen LogP contribution in [0.4, 0.5) is 5.69 Å². The average Bonchev–Trinajstić information content (AvgIpc) is 2.75. The van der Waals surface area contributed by atoms with E-state index >= 15 is 0 Å². The summed E-state index contributed by atoms with van der Waals surface area (Å²) in [5, 5.41) is 3.35. The molecule has 0 saturated heterocycles. The molecule has 6 nitrogen and oxygen atoms in total. The molecule has 0 aliphatic rings. The standard InChI is InChI=1S/C23H23ClN2O4S/c1-17-15-19(24)7-12-22(17)26-23(27)16-30-20-8-10-21(11-9-20)31(28,29)25-14-13-18-5-3-2-4-6-18/h2-12,15,25H,13-14,16H2,1H3,(H,26,27). The van der Waals surface area contributed by atoms with Crippen molar-refractivity contribution in [2.45, 2.75) is 18.2 Å². The number of hydrogen-bond donors (Lipinski definition) is 2. The van der Waals surface area contributed by atoms with Crippen LogP contribution in [0, 0.1) is 6.92 Å². The molecule has 2 N–H and O–H groups in total. The van der Waals surface area contributed by atoms with Crippen LogP contribution in [0.1, 0.15) is 11.1 Å². The lowest BCUT2D eigenvalue weighted by Gasteiger charge is -2.11. The summed E-state index contributed by atoms with van der Waals surface area (Å²) >= 11 is 5.91. The number of aryl methyl sites for hydroxylation is 1. The van der Waals surface area contributed by atoms with Gasteiger partial charge in [-0.15, -0.1) is 0 Å². The van der Waals surface area contributed by atoms with Gasteiger partial charge in [-0.2, -0.15) is 0 Å². The van der Waals surface area contributed by atoms with Crippen molar-refractivity contribution in [2.24, 2.45) is 0 Å². The highest BCUT2D eigenvalue weighted by molar-refractivity contribution is 7.89. The molecule has 0 fully saturated rings. The molecule has 0 saturated carbocycles. The minimum atomic E-state index is -3.62. The Morgan fingerprint density at radius 3 is 2.39 bits per heavy atom. The Labute approximate surface area is 187 Å². The first-order valence-corrected chi connectivity index (χ1v) is 11.5. The number of amides is 1. The second kappa shape index (κ2) is 10.4. The summed E-state index contributed by atoms with van der Waals surface area (Å²) in [6.45, 7) is 1.94. The maximum absolute atomic E-state index is 12.4. The van der Waals surface area contributed by atoms with E-state index in [2.05, 4.69) is 10.0 Å². The van der Waals surface area contributed by atoms with Gasteiger partial charge in [0.05, 0.1) is 4.90 Å². The third kappa shape index (κ3) is 6.82.